The normalized spacial score (nSPS) is 35.5. The monoisotopic (exact) mass is 157 g/mol. The second-order valence-corrected chi connectivity index (χ2v) is 3.58. The fourth-order valence-corrected chi connectivity index (χ4v) is 1.67. The van der Waals surface area contributed by atoms with Gasteiger partial charge < -0.3 is 10.8 Å². The average molecular weight is 157 g/mol. The highest BCUT2D eigenvalue weighted by Crippen LogP contribution is 2.15. The fourth-order valence-electron chi connectivity index (χ4n) is 1.67. The molecule has 3 N–H and O–H groups in total. The van der Waals surface area contributed by atoms with Gasteiger partial charge in [0.25, 0.3) is 0 Å². The molecule has 66 valence electrons. The van der Waals surface area contributed by atoms with Gasteiger partial charge >= 0.3 is 0 Å². The summed E-state index contributed by atoms with van der Waals surface area (Å²) in [6, 6.07) is 0.0353. The lowest BCUT2D eigenvalue weighted by atomic mass is 10.0. The zero-order chi connectivity index (χ0) is 8.10. The summed E-state index contributed by atoms with van der Waals surface area (Å²) in [4.78, 5) is 0. The molecular weight excluding hydrogens is 138 g/mol. The van der Waals surface area contributed by atoms with Crippen LogP contribution in [0, 0.1) is 0 Å². The molecule has 2 nitrogen and oxygen atoms in total. The van der Waals surface area contributed by atoms with Crippen molar-refractivity contribution in [1.29, 1.82) is 0 Å². The molecule has 0 aliphatic heterocycles. The third kappa shape index (κ3) is 3.21. The first-order valence-corrected chi connectivity index (χ1v) is 4.74. The van der Waals surface area contributed by atoms with Crippen LogP contribution in [0.5, 0.6) is 0 Å². The van der Waals surface area contributed by atoms with Crippen LogP contribution in [-0.4, -0.2) is 17.3 Å². The fraction of sp³-hybridized carbons (Fsp3) is 1.00. The summed E-state index contributed by atoms with van der Waals surface area (Å²) >= 11 is 0. The lowest BCUT2D eigenvalue weighted by molar-refractivity contribution is 0.129. The number of hydrogen-bond acceptors (Lipinski definition) is 2. The lowest BCUT2D eigenvalue weighted by Gasteiger charge is -2.16. The molecule has 0 aromatic rings. The molecule has 0 heterocycles. The van der Waals surface area contributed by atoms with Gasteiger partial charge in [-0.15, -0.1) is 0 Å². The Balaban J connectivity index is 2.29. The van der Waals surface area contributed by atoms with Crippen LogP contribution in [0.2, 0.25) is 0 Å². The van der Waals surface area contributed by atoms with E-state index in [4.69, 9.17) is 5.73 Å². The molecule has 0 aromatic carbocycles. The second kappa shape index (κ2) is 4.73. The van der Waals surface area contributed by atoms with Crippen LogP contribution < -0.4 is 5.73 Å². The molecule has 0 amide bonds. The molecule has 0 saturated heterocycles. The summed E-state index contributed by atoms with van der Waals surface area (Å²) in [6.45, 7) is 0. The maximum atomic E-state index is 9.48. The third-order valence-electron chi connectivity index (χ3n) is 2.53. The first-order valence-electron chi connectivity index (χ1n) is 4.74. The Hall–Kier alpha value is -0.0800. The highest BCUT2D eigenvalue weighted by molar-refractivity contribution is 4.73. The van der Waals surface area contributed by atoms with E-state index in [1.165, 1.54) is 25.7 Å². The van der Waals surface area contributed by atoms with Gasteiger partial charge in [0.1, 0.15) is 0 Å². The smallest absolute Gasteiger partial charge is 0.0691 e. The van der Waals surface area contributed by atoms with E-state index in [1.807, 2.05) is 0 Å². The Bertz CT molecular complexity index is 93.7. The molecule has 1 aliphatic rings. The van der Waals surface area contributed by atoms with Crippen molar-refractivity contribution >= 4 is 0 Å². The summed E-state index contributed by atoms with van der Waals surface area (Å²) in [6.07, 6.45) is 7.88. The Morgan fingerprint density at radius 1 is 0.909 bits per heavy atom. The lowest BCUT2D eigenvalue weighted by Crippen LogP contribution is -2.34. The molecule has 0 radical (unpaired) electrons. The summed E-state index contributed by atoms with van der Waals surface area (Å²) in [5.41, 5.74) is 5.77. The maximum absolute atomic E-state index is 9.48. The zero-order valence-corrected chi connectivity index (χ0v) is 7.13. The Morgan fingerprint density at radius 2 is 1.45 bits per heavy atom. The van der Waals surface area contributed by atoms with Gasteiger partial charge in [0.15, 0.2) is 0 Å². The van der Waals surface area contributed by atoms with Crippen LogP contribution in [0.4, 0.5) is 0 Å². The van der Waals surface area contributed by atoms with Gasteiger partial charge in [-0.3, -0.25) is 0 Å². The van der Waals surface area contributed by atoms with Crippen molar-refractivity contribution in [3.63, 3.8) is 0 Å². The zero-order valence-electron chi connectivity index (χ0n) is 7.13. The summed E-state index contributed by atoms with van der Waals surface area (Å²) in [7, 11) is 0. The maximum Gasteiger partial charge on any atom is 0.0691 e. The first kappa shape index (κ1) is 9.01. The SMILES string of the molecule is N[C@@H]1CCCCCCC[C@H]1O. The van der Waals surface area contributed by atoms with E-state index < -0.39 is 0 Å². The molecule has 1 fully saturated rings. The van der Waals surface area contributed by atoms with Crippen LogP contribution in [0.15, 0.2) is 0 Å². The number of aliphatic hydroxyl groups is 1. The molecule has 2 heteroatoms. The van der Waals surface area contributed by atoms with Crippen LogP contribution in [0.1, 0.15) is 44.9 Å². The topological polar surface area (TPSA) is 46.2 Å². The third-order valence-corrected chi connectivity index (χ3v) is 2.53. The van der Waals surface area contributed by atoms with E-state index >= 15 is 0 Å². The van der Waals surface area contributed by atoms with Crippen LogP contribution in [-0.2, 0) is 0 Å². The predicted molar refractivity (Wildman–Crippen MR) is 46.3 cm³/mol. The van der Waals surface area contributed by atoms with Crippen molar-refractivity contribution < 1.29 is 5.11 Å². The Morgan fingerprint density at radius 3 is 2.18 bits per heavy atom. The number of rotatable bonds is 0. The minimum Gasteiger partial charge on any atom is -0.392 e. The van der Waals surface area contributed by atoms with Gasteiger partial charge in [0.05, 0.1) is 6.10 Å². The number of hydrogen-bond donors (Lipinski definition) is 2. The van der Waals surface area contributed by atoms with Crippen LogP contribution in [0.3, 0.4) is 0 Å². The van der Waals surface area contributed by atoms with Crippen LogP contribution >= 0.6 is 0 Å². The van der Waals surface area contributed by atoms with E-state index in [0.29, 0.717) is 0 Å². The minimum atomic E-state index is -0.243. The van der Waals surface area contributed by atoms with E-state index in [0.717, 1.165) is 19.3 Å². The van der Waals surface area contributed by atoms with Crippen molar-refractivity contribution in [3.8, 4) is 0 Å². The largest absolute Gasteiger partial charge is 0.392 e. The molecule has 1 saturated carbocycles. The van der Waals surface area contributed by atoms with E-state index in [2.05, 4.69) is 0 Å². The molecular formula is C9H19NO. The van der Waals surface area contributed by atoms with Gasteiger partial charge in [-0.25, -0.2) is 0 Å². The number of aliphatic hydroxyl groups excluding tert-OH is 1. The van der Waals surface area contributed by atoms with Gasteiger partial charge in [0, 0.05) is 6.04 Å². The first-order chi connectivity index (χ1) is 5.30. The van der Waals surface area contributed by atoms with Crippen molar-refractivity contribution in [1.82, 2.24) is 0 Å². The highest BCUT2D eigenvalue weighted by Gasteiger charge is 2.14. The molecule has 1 aliphatic carbocycles. The van der Waals surface area contributed by atoms with Crippen molar-refractivity contribution in [2.45, 2.75) is 57.1 Å². The van der Waals surface area contributed by atoms with E-state index in [1.54, 1.807) is 0 Å². The average Bonchev–Trinajstić information content (AvgIpc) is 2.07. The van der Waals surface area contributed by atoms with Gasteiger partial charge in [-0.1, -0.05) is 32.1 Å². The summed E-state index contributed by atoms with van der Waals surface area (Å²) < 4.78 is 0. The van der Waals surface area contributed by atoms with Crippen molar-refractivity contribution in [2.24, 2.45) is 5.73 Å². The van der Waals surface area contributed by atoms with Crippen molar-refractivity contribution in [3.05, 3.63) is 0 Å². The molecule has 1 rings (SSSR count). The molecule has 0 aromatic heterocycles. The van der Waals surface area contributed by atoms with Gasteiger partial charge in [-0.05, 0) is 12.8 Å². The second-order valence-electron chi connectivity index (χ2n) is 3.58. The quantitative estimate of drug-likeness (QED) is 0.558. The van der Waals surface area contributed by atoms with Gasteiger partial charge in [0.2, 0.25) is 0 Å². The number of nitrogens with two attached hydrogens (primary N) is 1. The summed E-state index contributed by atoms with van der Waals surface area (Å²) in [5.74, 6) is 0. The minimum absolute atomic E-state index is 0.0353. The van der Waals surface area contributed by atoms with Crippen molar-refractivity contribution in [2.75, 3.05) is 0 Å². The Labute approximate surface area is 68.8 Å². The molecule has 0 spiro atoms. The summed E-state index contributed by atoms with van der Waals surface area (Å²) in [5, 5.41) is 9.48. The molecule has 2 atom stereocenters. The van der Waals surface area contributed by atoms with Crippen LogP contribution in [0.25, 0.3) is 0 Å². The van der Waals surface area contributed by atoms with E-state index in [-0.39, 0.29) is 12.1 Å². The predicted octanol–water partition coefficient (Wildman–Crippen LogP) is 1.42. The van der Waals surface area contributed by atoms with Gasteiger partial charge in [-0.2, -0.15) is 0 Å². The molecule has 0 bridgehead atoms. The molecule has 11 heavy (non-hydrogen) atoms. The standard InChI is InChI=1S/C9H19NO/c10-8-6-4-2-1-3-5-7-9(8)11/h8-9,11H,1-7,10H2/t8-,9-/m1/s1. The molecule has 0 unspecified atom stereocenters. The van der Waals surface area contributed by atoms with E-state index in [9.17, 15) is 5.11 Å². The highest BCUT2D eigenvalue weighted by atomic mass is 16.3. The Kier molecular flexibility index (Phi) is 3.87.